The Labute approximate surface area is 135 Å². The second-order valence-electron chi connectivity index (χ2n) is 5.12. The van der Waals surface area contributed by atoms with Gasteiger partial charge in [-0.1, -0.05) is 10.9 Å². The van der Waals surface area contributed by atoms with Gasteiger partial charge in [-0.05, 0) is 45.1 Å². The number of hydrogen-bond acceptors (Lipinski definition) is 7. The normalized spacial score (nSPS) is 11.8. The van der Waals surface area contributed by atoms with Gasteiger partial charge in [0.05, 0.1) is 10.9 Å². The molecule has 0 saturated heterocycles. The molecular weight excluding hydrogens is 326 g/mol. The fraction of sp³-hybridized carbons (Fsp3) is 0.750. The molecule has 0 atom stereocenters. The van der Waals surface area contributed by atoms with Crippen molar-refractivity contribution in [3.63, 3.8) is 0 Å². The molecule has 1 amide bonds. The maximum absolute atomic E-state index is 11.7. The number of nitrogens with zero attached hydrogens (tertiary/aromatic N) is 2. The number of unbranched alkanes of at least 4 members (excludes halogenated alkanes) is 2. The number of carbonyl (C=O) groups is 1. The average molecular weight is 349 g/mol. The molecule has 0 aliphatic heterocycles. The van der Waals surface area contributed by atoms with Gasteiger partial charge in [0.1, 0.15) is 4.88 Å². The summed E-state index contributed by atoms with van der Waals surface area (Å²) in [5, 5.41) is 3.36. The van der Waals surface area contributed by atoms with Crippen molar-refractivity contribution in [2.24, 2.45) is 0 Å². The predicted molar refractivity (Wildman–Crippen MR) is 86.0 cm³/mol. The van der Waals surface area contributed by atoms with Crippen LogP contribution in [0, 0.1) is 6.92 Å². The van der Waals surface area contributed by atoms with Crippen LogP contribution in [0.5, 0.6) is 0 Å². The van der Waals surface area contributed by atoms with Gasteiger partial charge in [0.15, 0.2) is 0 Å². The summed E-state index contributed by atoms with van der Waals surface area (Å²) in [6.45, 7) is 6.09. The Hall–Kier alpha value is -1.10. The monoisotopic (exact) mass is 349 g/mol. The zero-order valence-corrected chi connectivity index (χ0v) is 14.7. The lowest BCUT2D eigenvalue weighted by Crippen LogP contribution is -2.37. The topological polar surface area (TPSA) is 113 Å². The summed E-state index contributed by atoms with van der Waals surface area (Å²) in [6, 6.07) is 0. The summed E-state index contributed by atoms with van der Waals surface area (Å²) in [4.78, 5) is 12.2. The van der Waals surface area contributed by atoms with Crippen molar-refractivity contribution in [3.05, 3.63) is 10.6 Å². The lowest BCUT2D eigenvalue weighted by atomic mass is 10.2. The molecule has 0 saturated carbocycles. The van der Waals surface area contributed by atoms with Crippen molar-refractivity contribution in [1.29, 1.82) is 0 Å². The smallest absolute Gasteiger partial charge is 0.279 e. The zero-order valence-electron chi connectivity index (χ0n) is 13.0. The predicted octanol–water partition coefficient (Wildman–Crippen LogP) is 0.579. The summed E-state index contributed by atoms with van der Waals surface area (Å²) in [5.41, 5.74) is 6.04. The Kier molecular flexibility index (Phi) is 7.87. The van der Waals surface area contributed by atoms with E-state index in [9.17, 15) is 13.2 Å². The van der Waals surface area contributed by atoms with E-state index >= 15 is 0 Å². The molecule has 22 heavy (non-hydrogen) atoms. The Balaban J connectivity index is 2.05. The van der Waals surface area contributed by atoms with E-state index in [0.29, 0.717) is 23.7 Å². The van der Waals surface area contributed by atoms with Crippen molar-refractivity contribution in [2.45, 2.75) is 45.3 Å². The van der Waals surface area contributed by atoms with Crippen molar-refractivity contribution < 1.29 is 13.2 Å². The summed E-state index contributed by atoms with van der Waals surface area (Å²) < 4.78 is 29.3. The molecule has 0 aromatic carbocycles. The fourth-order valence-electron chi connectivity index (χ4n) is 1.54. The highest BCUT2D eigenvalue weighted by atomic mass is 32.2. The minimum absolute atomic E-state index is 0.239. The molecule has 1 rings (SSSR count). The molecular formula is C12H23N5O3S2. The highest BCUT2D eigenvalue weighted by Crippen LogP contribution is 2.07. The molecule has 1 heterocycles. The first-order chi connectivity index (χ1) is 10.3. The second kappa shape index (κ2) is 9.13. The van der Waals surface area contributed by atoms with Crippen molar-refractivity contribution in [1.82, 2.24) is 25.2 Å². The number of rotatable bonds is 10. The van der Waals surface area contributed by atoms with Crippen LogP contribution >= 0.6 is 11.5 Å². The number of carbonyl (C=O) groups excluding carboxylic acids is 1. The summed E-state index contributed by atoms with van der Waals surface area (Å²) in [7, 11) is -3.17. The van der Waals surface area contributed by atoms with Gasteiger partial charge < -0.3 is 0 Å². The molecule has 0 fully saturated rings. The molecule has 1 aromatic heterocycles. The molecule has 0 unspecified atom stereocenters. The van der Waals surface area contributed by atoms with Gasteiger partial charge in [-0.25, -0.2) is 18.6 Å². The molecule has 126 valence electrons. The van der Waals surface area contributed by atoms with Crippen LogP contribution in [0.2, 0.25) is 0 Å². The first-order valence-corrected chi connectivity index (χ1v) is 9.47. The van der Waals surface area contributed by atoms with Crippen molar-refractivity contribution in [2.75, 3.05) is 13.1 Å². The van der Waals surface area contributed by atoms with Crippen LogP contribution in [0.4, 0.5) is 0 Å². The Morgan fingerprint density at radius 3 is 2.50 bits per heavy atom. The number of nitrogens with one attached hydrogen (secondary N) is 3. The van der Waals surface area contributed by atoms with Crippen LogP contribution < -0.4 is 15.6 Å². The first-order valence-electron chi connectivity index (χ1n) is 7.15. The van der Waals surface area contributed by atoms with E-state index in [-0.39, 0.29) is 5.91 Å². The largest absolute Gasteiger partial charge is 0.287 e. The molecule has 0 aliphatic rings. The van der Waals surface area contributed by atoms with Crippen LogP contribution in [0.3, 0.4) is 0 Å². The van der Waals surface area contributed by atoms with E-state index in [1.165, 1.54) is 0 Å². The van der Waals surface area contributed by atoms with Gasteiger partial charge in [-0.2, -0.15) is 0 Å². The lowest BCUT2D eigenvalue weighted by Gasteiger charge is -2.09. The first kappa shape index (κ1) is 18.9. The van der Waals surface area contributed by atoms with Crippen LogP contribution in [-0.4, -0.2) is 42.3 Å². The maximum atomic E-state index is 11.7. The molecule has 3 N–H and O–H groups in total. The summed E-state index contributed by atoms with van der Waals surface area (Å²) in [6.07, 6.45) is 2.47. The van der Waals surface area contributed by atoms with E-state index in [1.807, 2.05) is 0 Å². The van der Waals surface area contributed by atoms with Crippen LogP contribution in [0.25, 0.3) is 0 Å². The number of sulfonamides is 1. The molecule has 10 heteroatoms. The van der Waals surface area contributed by atoms with Gasteiger partial charge in [0.25, 0.3) is 5.91 Å². The van der Waals surface area contributed by atoms with E-state index < -0.39 is 15.3 Å². The van der Waals surface area contributed by atoms with Gasteiger partial charge in [-0.3, -0.25) is 10.2 Å². The molecule has 0 bridgehead atoms. The van der Waals surface area contributed by atoms with Gasteiger partial charge in [0, 0.05) is 13.1 Å². The average Bonchev–Trinajstić information content (AvgIpc) is 2.87. The van der Waals surface area contributed by atoms with Crippen molar-refractivity contribution in [3.8, 4) is 0 Å². The fourth-order valence-corrected chi connectivity index (χ4v) is 2.85. The van der Waals surface area contributed by atoms with Gasteiger partial charge in [-0.15, -0.1) is 5.10 Å². The Morgan fingerprint density at radius 2 is 1.91 bits per heavy atom. The van der Waals surface area contributed by atoms with Crippen molar-refractivity contribution >= 4 is 27.5 Å². The standard InChI is InChI=1S/C12H23N5O3S2/c1-9(2)22(19,20)14-8-6-4-5-7-13-16-12(18)11-10(3)15-17-21-11/h9,13-14H,4-8H2,1-3H3,(H,16,18). The highest BCUT2D eigenvalue weighted by Gasteiger charge is 2.14. The third-order valence-electron chi connectivity index (χ3n) is 2.96. The highest BCUT2D eigenvalue weighted by molar-refractivity contribution is 7.90. The SMILES string of the molecule is Cc1nnsc1C(=O)NNCCCCCNS(=O)(=O)C(C)C. The minimum atomic E-state index is -3.17. The third-order valence-corrected chi connectivity index (χ3v) is 5.64. The Bertz CT molecular complexity index is 571. The van der Waals surface area contributed by atoms with Crippen LogP contribution in [-0.2, 0) is 10.0 Å². The quantitative estimate of drug-likeness (QED) is 0.421. The third kappa shape index (κ3) is 6.34. The molecule has 0 aliphatic carbocycles. The van der Waals surface area contributed by atoms with E-state index in [1.54, 1.807) is 20.8 Å². The van der Waals surface area contributed by atoms with E-state index in [0.717, 1.165) is 30.8 Å². The van der Waals surface area contributed by atoms with Crippen LogP contribution in [0.1, 0.15) is 48.5 Å². The number of amides is 1. The summed E-state index contributed by atoms with van der Waals surface area (Å²) >= 11 is 1.06. The molecule has 1 aromatic rings. The second-order valence-corrected chi connectivity index (χ2v) is 8.19. The zero-order chi connectivity index (χ0) is 16.6. The number of aryl methyl sites for hydroxylation is 1. The minimum Gasteiger partial charge on any atom is -0.287 e. The number of hydrazine groups is 1. The molecule has 0 radical (unpaired) electrons. The van der Waals surface area contributed by atoms with Gasteiger partial charge >= 0.3 is 0 Å². The molecule has 8 nitrogen and oxygen atoms in total. The summed E-state index contributed by atoms with van der Waals surface area (Å²) in [5.74, 6) is -0.239. The van der Waals surface area contributed by atoms with E-state index in [2.05, 4.69) is 25.2 Å². The van der Waals surface area contributed by atoms with Gasteiger partial charge in [0.2, 0.25) is 10.0 Å². The van der Waals surface area contributed by atoms with Crippen LogP contribution in [0.15, 0.2) is 0 Å². The number of aromatic nitrogens is 2. The Morgan fingerprint density at radius 1 is 1.23 bits per heavy atom. The number of hydrogen-bond donors (Lipinski definition) is 3. The van der Waals surface area contributed by atoms with E-state index in [4.69, 9.17) is 0 Å². The lowest BCUT2D eigenvalue weighted by molar-refractivity contribution is 0.0936. The maximum Gasteiger partial charge on any atom is 0.279 e. The molecule has 0 spiro atoms.